The largest absolute Gasteiger partial charge is 0.485 e. The lowest BCUT2D eigenvalue weighted by Crippen LogP contribution is -2.08. The molecule has 6 rings (SSSR count). The molecule has 1 aromatic heterocycles. The van der Waals surface area contributed by atoms with Crippen LogP contribution in [0.25, 0.3) is 21.9 Å². The molecule has 0 bridgehead atoms. The smallest absolute Gasteiger partial charge is 0.307 e. The van der Waals surface area contributed by atoms with Gasteiger partial charge in [-0.1, -0.05) is 42.5 Å². The zero-order valence-corrected chi connectivity index (χ0v) is 18.8. The van der Waals surface area contributed by atoms with E-state index in [1.54, 1.807) is 6.20 Å². The normalized spacial score (nSPS) is 17.0. The molecule has 1 fully saturated rings. The fourth-order valence-electron chi connectivity index (χ4n) is 5.32. The van der Waals surface area contributed by atoms with E-state index in [-0.39, 0.29) is 12.5 Å². The van der Waals surface area contributed by atoms with E-state index in [2.05, 4.69) is 23.2 Å². The van der Waals surface area contributed by atoms with E-state index < -0.39 is 5.97 Å². The number of pyridine rings is 1. The molecule has 0 radical (unpaired) electrons. The first-order valence-corrected chi connectivity index (χ1v) is 11.8. The molecule has 1 heterocycles. The van der Waals surface area contributed by atoms with Crippen LogP contribution in [0.4, 0.5) is 5.82 Å². The molecule has 0 amide bonds. The van der Waals surface area contributed by atoms with E-state index in [1.807, 2.05) is 42.5 Å². The lowest BCUT2D eigenvalue weighted by atomic mass is 9.91. The summed E-state index contributed by atoms with van der Waals surface area (Å²) in [6, 6.07) is 20.3. The maximum absolute atomic E-state index is 11.3. The Kier molecular flexibility index (Phi) is 4.98. The maximum atomic E-state index is 11.3. The van der Waals surface area contributed by atoms with Crippen molar-refractivity contribution < 1.29 is 14.6 Å². The second-order valence-corrected chi connectivity index (χ2v) is 9.33. The van der Waals surface area contributed by atoms with E-state index >= 15 is 0 Å². The highest BCUT2D eigenvalue weighted by Gasteiger charge is 2.34. The Morgan fingerprint density at radius 2 is 1.82 bits per heavy atom. The standard InChI is InChI=1S/C29H26N2O3/c30-29-23-6-3-5-20(22(23)12-13-31-29)19-14-24(17-8-9-17)21-10-11-27(25(21)15-19)34-26-7-2-1-4-18(26)16-28(32)33/h1-7,12-15,17,27H,8-11,16H2,(H2,30,31)(H,32,33). The highest BCUT2D eigenvalue weighted by Crippen LogP contribution is 2.49. The van der Waals surface area contributed by atoms with Crippen LogP contribution in [0.1, 0.15) is 53.5 Å². The van der Waals surface area contributed by atoms with Gasteiger partial charge in [-0.3, -0.25) is 4.79 Å². The summed E-state index contributed by atoms with van der Waals surface area (Å²) in [5.41, 5.74) is 13.3. The molecule has 4 aromatic rings. The number of para-hydroxylation sites is 1. The van der Waals surface area contributed by atoms with Gasteiger partial charge >= 0.3 is 5.97 Å². The number of carboxylic acid groups (broad SMARTS) is 1. The molecule has 3 N–H and O–H groups in total. The molecule has 1 unspecified atom stereocenters. The number of hydrogen-bond acceptors (Lipinski definition) is 4. The number of carboxylic acids is 1. The van der Waals surface area contributed by atoms with E-state index in [9.17, 15) is 9.90 Å². The average Bonchev–Trinajstić information content (AvgIpc) is 3.60. The van der Waals surface area contributed by atoms with Gasteiger partial charge in [0.2, 0.25) is 0 Å². The second kappa shape index (κ2) is 8.17. The first-order valence-electron chi connectivity index (χ1n) is 11.8. The lowest BCUT2D eigenvalue weighted by Gasteiger charge is -2.19. The van der Waals surface area contributed by atoms with Crippen molar-refractivity contribution in [3.8, 4) is 16.9 Å². The molecule has 5 heteroatoms. The monoisotopic (exact) mass is 450 g/mol. The lowest BCUT2D eigenvalue weighted by molar-refractivity contribution is -0.136. The number of rotatable bonds is 6. The predicted molar refractivity (Wildman–Crippen MR) is 133 cm³/mol. The molecule has 34 heavy (non-hydrogen) atoms. The molecule has 2 aliphatic carbocycles. The van der Waals surface area contributed by atoms with E-state index in [0.29, 0.717) is 23.0 Å². The van der Waals surface area contributed by atoms with Crippen LogP contribution in [-0.2, 0) is 17.6 Å². The van der Waals surface area contributed by atoms with Crippen LogP contribution in [0, 0.1) is 0 Å². The summed E-state index contributed by atoms with van der Waals surface area (Å²) in [5, 5.41) is 11.4. The van der Waals surface area contributed by atoms with Crippen molar-refractivity contribution in [3.63, 3.8) is 0 Å². The summed E-state index contributed by atoms with van der Waals surface area (Å²) in [6.07, 6.45) is 5.97. The Morgan fingerprint density at radius 3 is 2.65 bits per heavy atom. The molecule has 0 spiro atoms. The van der Waals surface area contributed by atoms with Crippen LogP contribution >= 0.6 is 0 Å². The summed E-state index contributed by atoms with van der Waals surface area (Å²) in [4.78, 5) is 15.6. The molecular formula is C29H26N2O3. The topological polar surface area (TPSA) is 85.4 Å². The van der Waals surface area contributed by atoms with Crippen molar-refractivity contribution in [2.24, 2.45) is 0 Å². The summed E-state index contributed by atoms with van der Waals surface area (Å²) >= 11 is 0. The number of hydrogen-bond donors (Lipinski definition) is 2. The first kappa shape index (κ1) is 20.7. The van der Waals surface area contributed by atoms with Crippen molar-refractivity contribution >= 4 is 22.6 Å². The van der Waals surface area contributed by atoms with Gasteiger partial charge in [0, 0.05) is 17.1 Å². The summed E-state index contributed by atoms with van der Waals surface area (Å²) in [6.45, 7) is 0. The quantitative estimate of drug-likeness (QED) is 0.373. The summed E-state index contributed by atoms with van der Waals surface area (Å²) in [5.74, 6) is 0.962. The number of carbonyl (C=O) groups is 1. The Bertz CT molecular complexity index is 1420. The van der Waals surface area contributed by atoms with Gasteiger partial charge in [0.05, 0.1) is 6.42 Å². The zero-order chi connectivity index (χ0) is 23.2. The third kappa shape index (κ3) is 3.67. The minimum absolute atomic E-state index is 0.0470. The van der Waals surface area contributed by atoms with Gasteiger partial charge < -0.3 is 15.6 Å². The second-order valence-electron chi connectivity index (χ2n) is 9.33. The van der Waals surface area contributed by atoms with Gasteiger partial charge in [0.15, 0.2) is 0 Å². The SMILES string of the molecule is Nc1nccc2c(-c3cc(C4CC4)c4c(c3)C(Oc3ccccc3CC(=O)O)CC4)cccc12. The fourth-order valence-corrected chi connectivity index (χ4v) is 5.32. The van der Waals surface area contributed by atoms with Crippen molar-refractivity contribution in [2.75, 3.05) is 5.73 Å². The third-order valence-electron chi connectivity index (χ3n) is 7.07. The van der Waals surface area contributed by atoms with Gasteiger partial charge in [-0.2, -0.15) is 0 Å². The summed E-state index contributed by atoms with van der Waals surface area (Å²) < 4.78 is 6.49. The van der Waals surface area contributed by atoms with Crippen LogP contribution in [0.3, 0.4) is 0 Å². The predicted octanol–water partition coefficient (Wildman–Crippen LogP) is 6.05. The Balaban J connectivity index is 1.45. The van der Waals surface area contributed by atoms with Gasteiger partial charge in [-0.15, -0.1) is 0 Å². The highest BCUT2D eigenvalue weighted by molar-refractivity contribution is 6.01. The highest BCUT2D eigenvalue weighted by atomic mass is 16.5. The fraction of sp³-hybridized carbons (Fsp3) is 0.241. The van der Waals surface area contributed by atoms with Crippen LogP contribution in [-0.4, -0.2) is 16.1 Å². The average molecular weight is 451 g/mol. The third-order valence-corrected chi connectivity index (χ3v) is 7.07. The molecule has 0 saturated heterocycles. The number of benzene rings is 3. The zero-order valence-electron chi connectivity index (χ0n) is 18.8. The van der Waals surface area contributed by atoms with Crippen molar-refractivity contribution in [2.45, 2.75) is 44.1 Å². The Hall–Kier alpha value is -3.86. The number of nitrogens with two attached hydrogens (primary N) is 1. The number of nitrogen functional groups attached to an aromatic ring is 1. The minimum atomic E-state index is -0.856. The molecule has 170 valence electrons. The minimum Gasteiger partial charge on any atom is -0.485 e. The van der Waals surface area contributed by atoms with Crippen molar-refractivity contribution in [1.82, 2.24) is 4.98 Å². The van der Waals surface area contributed by atoms with Gasteiger partial charge in [0.25, 0.3) is 0 Å². The van der Waals surface area contributed by atoms with Crippen LogP contribution < -0.4 is 10.5 Å². The van der Waals surface area contributed by atoms with Crippen molar-refractivity contribution in [1.29, 1.82) is 0 Å². The molecule has 5 nitrogen and oxygen atoms in total. The first-order chi connectivity index (χ1) is 16.6. The molecule has 2 aliphatic rings. The number of aliphatic carboxylic acids is 1. The van der Waals surface area contributed by atoms with E-state index in [4.69, 9.17) is 10.5 Å². The Labute approximate surface area is 198 Å². The number of aromatic nitrogens is 1. The molecule has 3 aromatic carbocycles. The number of nitrogens with zero attached hydrogens (tertiary/aromatic N) is 1. The van der Waals surface area contributed by atoms with Crippen LogP contribution in [0.15, 0.2) is 66.9 Å². The van der Waals surface area contributed by atoms with Gasteiger partial charge in [0.1, 0.15) is 17.7 Å². The summed E-state index contributed by atoms with van der Waals surface area (Å²) in [7, 11) is 0. The van der Waals surface area contributed by atoms with Crippen LogP contribution in [0.5, 0.6) is 5.75 Å². The van der Waals surface area contributed by atoms with Crippen LogP contribution in [0.2, 0.25) is 0 Å². The molecule has 0 aliphatic heterocycles. The Morgan fingerprint density at radius 1 is 1.00 bits per heavy atom. The number of anilines is 1. The van der Waals surface area contributed by atoms with Gasteiger partial charge in [-0.25, -0.2) is 4.98 Å². The molecule has 1 saturated carbocycles. The number of ether oxygens (including phenoxy) is 1. The van der Waals surface area contributed by atoms with Gasteiger partial charge in [-0.05, 0) is 83.0 Å². The van der Waals surface area contributed by atoms with E-state index in [1.165, 1.54) is 35.1 Å². The maximum Gasteiger partial charge on any atom is 0.307 e. The van der Waals surface area contributed by atoms with E-state index in [0.717, 1.165) is 29.2 Å². The number of fused-ring (bicyclic) bond motifs is 2. The molecular weight excluding hydrogens is 424 g/mol. The molecule has 1 atom stereocenters. The van der Waals surface area contributed by atoms with Crippen molar-refractivity contribution in [3.05, 3.63) is 89.1 Å².